The van der Waals surface area contributed by atoms with Gasteiger partial charge in [-0.25, -0.2) is 0 Å². The van der Waals surface area contributed by atoms with Crippen LogP contribution >= 0.6 is 0 Å². The van der Waals surface area contributed by atoms with Crippen molar-refractivity contribution in [1.82, 2.24) is 10.2 Å². The highest BCUT2D eigenvalue weighted by Gasteiger charge is 2.34. The molecule has 1 N–H and O–H groups in total. The van der Waals surface area contributed by atoms with E-state index in [-0.39, 0.29) is 23.6 Å². The van der Waals surface area contributed by atoms with Crippen molar-refractivity contribution >= 4 is 17.7 Å². The number of carbonyl (C=O) groups is 3. The summed E-state index contributed by atoms with van der Waals surface area (Å²) in [5, 5.41) is 2.88. The van der Waals surface area contributed by atoms with E-state index in [2.05, 4.69) is 12.2 Å². The first-order valence-corrected chi connectivity index (χ1v) is 7.67. The number of carbonyl (C=O) groups excluding carboxylic acids is 3. The maximum absolute atomic E-state index is 11.7. The highest BCUT2D eigenvalue weighted by atomic mass is 16.2. The average molecular weight is 282 g/mol. The van der Waals surface area contributed by atoms with Gasteiger partial charge >= 0.3 is 0 Å². The van der Waals surface area contributed by atoms with Crippen LogP contribution in [0.5, 0.6) is 0 Å². The van der Waals surface area contributed by atoms with E-state index < -0.39 is 0 Å². The fourth-order valence-electron chi connectivity index (χ4n) is 2.31. The van der Waals surface area contributed by atoms with Crippen molar-refractivity contribution in [2.75, 3.05) is 13.1 Å². The first-order valence-electron chi connectivity index (χ1n) is 7.67. The highest BCUT2D eigenvalue weighted by molar-refractivity contribution is 6.03. The molecule has 5 heteroatoms. The lowest BCUT2D eigenvalue weighted by Gasteiger charge is -2.13. The molecule has 3 amide bonds. The van der Waals surface area contributed by atoms with Crippen molar-refractivity contribution in [3.05, 3.63) is 0 Å². The summed E-state index contributed by atoms with van der Waals surface area (Å²) in [5.41, 5.74) is 0. The Balaban J connectivity index is 2.06. The van der Waals surface area contributed by atoms with Crippen LogP contribution < -0.4 is 5.32 Å². The molecule has 0 spiro atoms. The predicted octanol–water partition coefficient (Wildman–Crippen LogP) is 1.86. The van der Waals surface area contributed by atoms with E-state index in [1.807, 2.05) is 0 Å². The molecule has 0 aromatic rings. The Morgan fingerprint density at radius 3 is 2.60 bits per heavy atom. The van der Waals surface area contributed by atoms with Gasteiger partial charge in [0, 0.05) is 31.8 Å². The molecule has 20 heavy (non-hydrogen) atoms. The average Bonchev–Trinajstić information content (AvgIpc) is 2.64. The molecule has 5 nitrogen and oxygen atoms in total. The maximum atomic E-state index is 11.7. The summed E-state index contributed by atoms with van der Waals surface area (Å²) in [4.78, 5) is 36.1. The van der Waals surface area contributed by atoms with E-state index >= 15 is 0 Å². The van der Waals surface area contributed by atoms with Gasteiger partial charge in [-0.3, -0.25) is 19.3 Å². The normalized spacial score (nSPS) is 18.7. The number of rotatable bonds is 9. The molecule has 0 saturated carbocycles. The Labute approximate surface area is 121 Å². The molecule has 0 aromatic carbocycles. The minimum atomic E-state index is -0.160. The first-order chi connectivity index (χ1) is 9.56. The van der Waals surface area contributed by atoms with E-state index in [9.17, 15) is 14.4 Å². The Bertz CT molecular complexity index is 355. The summed E-state index contributed by atoms with van der Waals surface area (Å²) in [6.07, 6.45) is 5.43. The molecule has 114 valence electrons. The second-order valence-electron chi connectivity index (χ2n) is 5.50. The minimum absolute atomic E-state index is 0.0488. The number of hydrogen-bond acceptors (Lipinski definition) is 3. The van der Waals surface area contributed by atoms with Gasteiger partial charge in [0.05, 0.1) is 0 Å². The fraction of sp³-hybridized carbons (Fsp3) is 0.800. The lowest BCUT2D eigenvalue weighted by Crippen LogP contribution is -2.31. The van der Waals surface area contributed by atoms with Gasteiger partial charge < -0.3 is 5.32 Å². The van der Waals surface area contributed by atoms with Gasteiger partial charge in [0.1, 0.15) is 0 Å². The Morgan fingerprint density at radius 2 is 2.00 bits per heavy atom. The molecule has 0 bridgehead atoms. The molecule has 0 aromatic heterocycles. The number of imide groups is 1. The SMILES string of the molecule is CCCCNC(=O)CCCCCN1C(=O)CC(C)C1=O. The van der Waals surface area contributed by atoms with E-state index in [4.69, 9.17) is 0 Å². The predicted molar refractivity (Wildman–Crippen MR) is 76.9 cm³/mol. The van der Waals surface area contributed by atoms with Crippen LogP contribution in [0, 0.1) is 5.92 Å². The molecule has 1 fully saturated rings. The van der Waals surface area contributed by atoms with E-state index in [0.717, 1.165) is 38.6 Å². The van der Waals surface area contributed by atoms with E-state index in [0.29, 0.717) is 19.4 Å². The summed E-state index contributed by atoms with van der Waals surface area (Å²) in [6, 6.07) is 0. The van der Waals surface area contributed by atoms with Gasteiger partial charge in [0.2, 0.25) is 17.7 Å². The van der Waals surface area contributed by atoms with Crippen LogP contribution in [0.3, 0.4) is 0 Å². The number of nitrogens with zero attached hydrogens (tertiary/aromatic N) is 1. The van der Waals surface area contributed by atoms with E-state index in [1.165, 1.54) is 4.90 Å². The molecule has 1 atom stereocenters. The second-order valence-corrected chi connectivity index (χ2v) is 5.50. The summed E-state index contributed by atoms with van der Waals surface area (Å²) < 4.78 is 0. The van der Waals surface area contributed by atoms with Crippen molar-refractivity contribution in [3.63, 3.8) is 0 Å². The maximum Gasteiger partial charge on any atom is 0.232 e. The number of unbranched alkanes of at least 4 members (excludes halogenated alkanes) is 3. The molecular weight excluding hydrogens is 256 g/mol. The van der Waals surface area contributed by atoms with Crippen molar-refractivity contribution in [2.45, 2.75) is 58.8 Å². The summed E-state index contributed by atoms with van der Waals surface area (Å²) >= 11 is 0. The number of hydrogen-bond donors (Lipinski definition) is 1. The Morgan fingerprint density at radius 1 is 1.25 bits per heavy atom. The second kappa shape index (κ2) is 8.72. The van der Waals surface area contributed by atoms with Gasteiger partial charge in [0.15, 0.2) is 0 Å². The van der Waals surface area contributed by atoms with Gasteiger partial charge in [-0.1, -0.05) is 26.7 Å². The van der Waals surface area contributed by atoms with Crippen LogP contribution in [0.25, 0.3) is 0 Å². The van der Waals surface area contributed by atoms with Crippen LogP contribution in [0.2, 0.25) is 0 Å². The van der Waals surface area contributed by atoms with Gasteiger partial charge in [-0.15, -0.1) is 0 Å². The first kappa shape index (κ1) is 16.7. The number of nitrogens with one attached hydrogen (secondary N) is 1. The van der Waals surface area contributed by atoms with Crippen molar-refractivity contribution in [1.29, 1.82) is 0 Å². The lowest BCUT2D eigenvalue weighted by molar-refractivity contribution is -0.139. The van der Waals surface area contributed by atoms with Crippen LogP contribution in [0.1, 0.15) is 58.8 Å². The van der Waals surface area contributed by atoms with Gasteiger partial charge in [-0.2, -0.15) is 0 Å². The topological polar surface area (TPSA) is 66.5 Å². The molecule has 0 aliphatic carbocycles. The fourth-order valence-corrected chi connectivity index (χ4v) is 2.31. The zero-order valence-electron chi connectivity index (χ0n) is 12.6. The molecule has 1 saturated heterocycles. The van der Waals surface area contributed by atoms with Crippen LogP contribution in [0.4, 0.5) is 0 Å². The quantitative estimate of drug-likeness (QED) is 0.518. The summed E-state index contributed by atoms with van der Waals surface area (Å²) in [6.45, 7) is 5.14. The highest BCUT2D eigenvalue weighted by Crippen LogP contribution is 2.19. The van der Waals surface area contributed by atoms with Crippen LogP contribution in [-0.2, 0) is 14.4 Å². The molecular formula is C15H26N2O3. The largest absolute Gasteiger partial charge is 0.356 e. The molecule has 1 aliphatic heterocycles. The van der Waals surface area contributed by atoms with Crippen molar-refractivity contribution < 1.29 is 14.4 Å². The zero-order chi connectivity index (χ0) is 15.0. The molecule has 1 aliphatic rings. The van der Waals surface area contributed by atoms with Crippen LogP contribution in [0.15, 0.2) is 0 Å². The third-order valence-corrected chi connectivity index (χ3v) is 3.61. The van der Waals surface area contributed by atoms with Crippen LogP contribution in [-0.4, -0.2) is 35.7 Å². The van der Waals surface area contributed by atoms with Crippen molar-refractivity contribution in [3.8, 4) is 0 Å². The molecule has 1 heterocycles. The third kappa shape index (κ3) is 5.31. The van der Waals surface area contributed by atoms with Gasteiger partial charge in [0.25, 0.3) is 0 Å². The summed E-state index contributed by atoms with van der Waals surface area (Å²) in [5.74, 6) is -0.167. The molecule has 0 radical (unpaired) electrons. The smallest absolute Gasteiger partial charge is 0.232 e. The standard InChI is InChI=1S/C15H26N2O3/c1-3-4-9-16-13(18)8-6-5-7-10-17-14(19)11-12(2)15(17)20/h12H,3-11H2,1-2H3,(H,16,18). The summed E-state index contributed by atoms with van der Waals surface area (Å²) in [7, 11) is 0. The van der Waals surface area contributed by atoms with E-state index in [1.54, 1.807) is 6.92 Å². The lowest BCUT2D eigenvalue weighted by atomic mass is 10.1. The van der Waals surface area contributed by atoms with Crippen molar-refractivity contribution in [2.24, 2.45) is 5.92 Å². The molecule has 1 rings (SSSR count). The third-order valence-electron chi connectivity index (χ3n) is 3.61. The Hall–Kier alpha value is -1.39. The number of amides is 3. The Kier molecular flexibility index (Phi) is 7.26. The minimum Gasteiger partial charge on any atom is -0.356 e. The zero-order valence-corrected chi connectivity index (χ0v) is 12.6. The van der Waals surface area contributed by atoms with Gasteiger partial charge in [-0.05, 0) is 19.3 Å². The molecule has 1 unspecified atom stereocenters. The monoisotopic (exact) mass is 282 g/mol. The number of likely N-dealkylation sites (tertiary alicyclic amines) is 1.